The van der Waals surface area contributed by atoms with E-state index in [1.165, 1.54) is 0 Å². The van der Waals surface area contributed by atoms with Crippen molar-refractivity contribution in [2.24, 2.45) is 4.99 Å². The summed E-state index contributed by atoms with van der Waals surface area (Å²) in [7, 11) is 3.49. The van der Waals surface area contributed by atoms with Crippen LogP contribution in [0.15, 0.2) is 27.8 Å². The molecule has 1 heterocycles. The molecule has 0 aliphatic heterocycles. The summed E-state index contributed by atoms with van der Waals surface area (Å²) < 4.78 is 10.7. The van der Waals surface area contributed by atoms with Crippen molar-refractivity contribution in [3.8, 4) is 0 Å². The Balaban J connectivity index is 2.27. The topological polar surface area (TPSA) is 79.1 Å². The first-order valence-electron chi connectivity index (χ1n) is 8.65. The van der Waals surface area contributed by atoms with Gasteiger partial charge in [-0.1, -0.05) is 0 Å². The van der Waals surface area contributed by atoms with Crippen molar-refractivity contribution >= 4 is 12.1 Å². The van der Waals surface area contributed by atoms with E-state index in [0.29, 0.717) is 6.54 Å². The molecule has 1 rings (SSSR count). The zero-order valence-corrected chi connectivity index (χ0v) is 16.3. The van der Waals surface area contributed by atoms with Gasteiger partial charge in [-0.2, -0.15) is 0 Å². The number of carbonyl (C=O) groups is 1. The molecule has 0 fully saturated rings. The van der Waals surface area contributed by atoms with E-state index in [2.05, 4.69) is 15.6 Å². The Kier molecular flexibility index (Phi) is 8.31. The molecule has 0 radical (unpaired) electrons. The minimum atomic E-state index is -0.483. The molecule has 7 heteroatoms. The van der Waals surface area contributed by atoms with Crippen molar-refractivity contribution in [3.63, 3.8) is 0 Å². The van der Waals surface area contributed by atoms with Gasteiger partial charge in [-0.05, 0) is 46.2 Å². The highest BCUT2D eigenvalue weighted by atomic mass is 16.6. The van der Waals surface area contributed by atoms with Crippen LogP contribution in [0.3, 0.4) is 0 Å². The maximum absolute atomic E-state index is 12.0. The monoisotopic (exact) mass is 352 g/mol. The van der Waals surface area contributed by atoms with Crippen LogP contribution in [0.2, 0.25) is 0 Å². The van der Waals surface area contributed by atoms with Gasteiger partial charge in [0.2, 0.25) is 0 Å². The molecule has 0 bridgehead atoms. The Morgan fingerprint density at radius 1 is 1.36 bits per heavy atom. The molecule has 142 valence electrons. The Labute approximate surface area is 150 Å². The van der Waals surface area contributed by atoms with Crippen LogP contribution in [0.4, 0.5) is 4.79 Å². The largest absolute Gasteiger partial charge is 0.469 e. The number of hydrogen-bond acceptors (Lipinski definition) is 4. The van der Waals surface area contributed by atoms with E-state index < -0.39 is 5.60 Å². The maximum atomic E-state index is 12.0. The first-order valence-corrected chi connectivity index (χ1v) is 8.65. The molecule has 0 saturated carbocycles. The number of hydrogen-bond donors (Lipinski definition) is 2. The molecule has 1 aromatic heterocycles. The molecule has 0 aliphatic rings. The second-order valence-electron chi connectivity index (χ2n) is 6.98. The number of ether oxygens (including phenoxy) is 1. The van der Waals surface area contributed by atoms with Gasteiger partial charge in [0, 0.05) is 39.6 Å². The van der Waals surface area contributed by atoms with Crippen LogP contribution in [0.5, 0.6) is 0 Å². The highest BCUT2D eigenvalue weighted by Gasteiger charge is 2.22. The average molecular weight is 352 g/mol. The molecule has 7 nitrogen and oxygen atoms in total. The van der Waals surface area contributed by atoms with E-state index in [1.807, 2.05) is 39.8 Å². The molecule has 1 atom stereocenters. The summed E-state index contributed by atoms with van der Waals surface area (Å²) in [4.78, 5) is 17.9. The van der Waals surface area contributed by atoms with E-state index in [1.54, 1.807) is 25.3 Å². The van der Waals surface area contributed by atoms with Crippen LogP contribution in [-0.2, 0) is 11.2 Å². The van der Waals surface area contributed by atoms with Crippen molar-refractivity contribution in [2.75, 3.05) is 27.2 Å². The molecule has 0 aliphatic carbocycles. The van der Waals surface area contributed by atoms with Crippen molar-refractivity contribution in [3.05, 3.63) is 24.2 Å². The Hall–Kier alpha value is -2.18. The maximum Gasteiger partial charge on any atom is 0.410 e. The normalized spacial score (nSPS) is 13.3. The van der Waals surface area contributed by atoms with Crippen LogP contribution < -0.4 is 10.6 Å². The fourth-order valence-corrected chi connectivity index (χ4v) is 2.09. The molecular weight excluding hydrogens is 320 g/mol. The van der Waals surface area contributed by atoms with Gasteiger partial charge in [-0.25, -0.2) is 4.79 Å². The lowest BCUT2D eigenvalue weighted by molar-refractivity contribution is 0.0230. The van der Waals surface area contributed by atoms with Gasteiger partial charge < -0.3 is 24.7 Å². The highest BCUT2D eigenvalue weighted by Crippen LogP contribution is 2.11. The van der Waals surface area contributed by atoms with Crippen molar-refractivity contribution < 1.29 is 13.9 Å². The first kappa shape index (κ1) is 20.9. The van der Waals surface area contributed by atoms with E-state index in [4.69, 9.17) is 9.15 Å². The lowest BCUT2D eigenvalue weighted by Crippen LogP contribution is -2.43. The zero-order valence-electron chi connectivity index (χ0n) is 16.3. The molecule has 0 saturated heterocycles. The molecule has 0 aromatic carbocycles. The zero-order chi connectivity index (χ0) is 18.9. The molecular formula is C18H32N4O3. The molecule has 0 spiro atoms. The third-order valence-electron chi connectivity index (χ3n) is 3.66. The van der Waals surface area contributed by atoms with E-state index in [9.17, 15) is 4.79 Å². The summed E-state index contributed by atoms with van der Waals surface area (Å²) >= 11 is 0. The molecule has 25 heavy (non-hydrogen) atoms. The summed E-state index contributed by atoms with van der Waals surface area (Å²) in [6.07, 6.45) is 2.95. The number of amides is 1. The molecule has 2 N–H and O–H groups in total. The van der Waals surface area contributed by atoms with Crippen LogP contribution in [-0.4, -0.2) is 55.8 Å². The number of guanidine groups is 1. The third-order valence-corrected chi connectivity index (χ3v) is 3.66. The van der Waals surface area contributed by atoms with Gasteiger partial charge in [0.25, 0.3) is 0 Å². The Morgan fingerprint density at radius 3 is 2.60 bits per heavy atom. The fourth-order valence-electron chi connectivity index (χ4n) is 2.09. The van der Waals surface area contributed by atoms with Gasteiger partial charge in [-0.15, -0.1) is 0 Å². The minimum absolute atomic E-state index is 0.0589. The van der Waals surface area contributed by atoms with Gasteiger partial charge in [0.15, 0.2) is 5.96 Å². The number of carbonyl (C=O) groups excluding carboxylic acids is 1. The smallest absolute Gasteiger partial charge is 0.410 e. The Morgan fingerprint density at radius 2 is 2.04 bits per heavy atom. The second kappa shape index (κ2) is 9.96. The van der Waals surface area contributed by atoms with E-state index in [-0.39, 0.29) is 12.1 Å². The van der Waals surface area contributed by atoms with Gasteiger partial charge >= 0.3 is 6.09 Å². The van der Waals surface area contributed by atoms with Crippen molar-refractivity contribution in [1.29, 1.82) is 0 Å². The summed E-state index contributed by atoms with van der Waals surface area (Å²) in [6.45, 7) is 9.03. The van der Waals surface area contributed by atoms with Crippen molar-refractivity contribution in [2.45, 2.75) is 52.2 Å². The van der Waals surface area contributed by atoms with Gasteiger partial charge in [0.05, 0.1) is 6.26 Å². The van der Waals surface area contributed by atoms with Crippen LogP contribution in [0.25, 0.3) is 0 Å². The Bertz CT molecular complexity index is 535. The number of nitrogens with one attached hydrogen (secondary N) is 2. The van der Waals surface area contributed by atoms with Crippen LogP contribution >= 0.6 is 0 Å². The number of furan rings is 1. The molecule has 1 unspecified atom stereocenters. The summed E-state index contributed by atoms with van der Waals surface area (Å²) in [6, 6.07) is 3.89. The molecule has 1 aromatic rings. The predicted molar refractivity (Wildman–Crippen MR) is 99.9 cm³/mol. The fraction of sp³-hybridized carbons (Fsp3) is 0.667. The predicted octanol–water partition coefficient (Wildman–Crippen LogP) is 2.63. The highest BCUT2D eigenvalue weighted by molar-refractivity contribution is 5.79. The number of nitrogens with zero attached hydrogens (tertiary/aromatic N) is 2. The average Bonchev–Trinajstić information content (AvgIpc) is 3.04. The van der Waals surface area contributed by atoms with E-state index in [0.717, 1.165) is 31.1 Å². The minimum Gasteiger partial charge on any atom is -0.469 e. The van der Waals surface area contributed by atoms with Gasteiger partial charge in [-0.3, -0.25) is 4.99 Å². The number of rotatable bonds is 7. The number of aliphatic imine (C=N–C) groups is 1. The standard InChI is InChI=1S/C18H32N4O3/c1-14(22(6)17(23)25-18(2,3)4)9-11-20-16(19-5)21-12-10-15-8-7-13-24-15/h7-8,13-14H,9-12H2,1-6H3,(H2,19,20,21). The van der Waals surface area contributed by atoms with E-state index >= 15 is 0 Å². The quantitative estimate of drug-likeness (QED) is 0.582. The summed E-state index contributed by atoms with van der Waals surface area (Å²) in [5, 5.41) is 6.49. The van der Waals surface area contributed by atoms with Crippen molar-refractivity contribution in [1.82, 2.24) is 15.5 Å². The molecule has 1 amide bonds. The van der Waals surface area contributed by atoms with Gasteiger partial charge in [0.1, 0.15) is 11.4 Å². The van der Waals surface area contributed by atoms with Crippen LogP contribution in [0.1, 0.15) is 39.9 Å². The lowest BCUT2D eigenvalue weighted by Gasteiger charge is -2.28. The SMILES string of the molecule is CN=C(NCCc1ccco1)NCCC(C)N(C)C(=O)OC(C)(C)C. The first-order chi connectivity index (χ1) is 11.7. The summed E-state index contributed by atoms with van der Waals surface area (Å²) in [5.41, 5.74) is -0.483. The third kappa shape index (κ3) is 8.47. The second-order valence-corrected chi connectivity index (χ2v) is 6.98. The lowest BCUT2D eigenvalue weighted by atomic mass is 10.2. The summed E-state index contributed by atoms with van der Waals surface area (Å²) in [5.74, 6) is 1.68. The van der Waals surface area contributed by atoms with Crippen LogP contribution in [0, 0.1) is 0 Å².